The van der Waals surface area contributed by atoms with Crippen molar-refractivity contribution in [3.05, 3.63) is 36.0 Å². The van der Waals surface area contributed by atoms with E-state index in [2.05, 4.69) is 25.9 Å². The molecule has 0 bridgehead atoms. The summed E-state index contributed by atoms with van der Waals surface area (Å²) in [6.45, 7) is 0.246. The van der Waals surface area contributed by atoms with Crippen LogP contribution in [0.3, 0.4) is 0 Å². The summed E-state index contributed by atoms with van der Waals surface area (Å²) in [5.74, 6) is -4.31. The van der Waals surface area contributed by atoms with Crippen LogP contribution in [0.1, 0.15) is 37.7 Å². The fraction of sp³-hybridized carbons (Fsp3) is 0.481. The van der Waals surface area contributed by atoms with Crippen molar-refractivity contribution >= 4 is 58.3 Å². The van der Waals surface area contributed by atoms with Gasteiger partial charge in [-0.05, 0) is 49.3 Å². The fourth-order valence-corrected chi connectivity index (χ4v) is 4.71. The van der Waals surface area contributed by atoms with E-state index in [-0.39, 0.29) is 38.2 Å². The zero-order valence-electron chi connectivity index (χ0n) is 23.9. The SMILES string of the molecule is CSCCC(NC(=O)C(CCC(=O)O)NC(=O)C(N)CCCN=C(N)N)C(=O)NC(Cc1c[nH]c2ccccc12)C(=O)O. The average molecular weight is 621 g/mol. The fourth-order valence-electron chi connectivity index (χ4n) is 4.24. The monoisotopic (exact) mass is 620 g/mol. The number of carboxylic acids is 2. The smallest absolute Gasteiger partial charge is 0.326 e. The summed E-state index contributed by atoms with van der Waals surface area (Å²) in [7, 11) is 0. The molecule has 236 valence electrons. The Morgan fingerprint density at radius 2 is 1.56 bits per heavy atom. The van der Waals surface area contributed by atoms with Crippen LogP contribution >= 0.6 is 11.8 Å². The predicted molar refractivity (Wildman–Crippen MR) is 163 cm³/mol. The van der Waals surface area contributed by atoms with Crippen LogP contribution in [-0.4, -0.2) is 93.5 Å². The molecule has 2 rings (SSSR count). The minimum Gasteiger partial charge on any atom is -0.481 e. The molecule has 0 saturated heterocycles. The van der Waals surface area contributed by atoms with E-state index in [9.17, 15) is 29.1 Å². The number of amides is 3. The lowest BCUT2D eigenvalue weighted by Gasteiger charge is -2.25. The molecular weight excluding hydrogens is 580 g/mol. The van der Waals surface area contributed by atoms with E-state index >= 15 is 0 Å². The molecule has 1 heterocycles. The van der Waals surface area contributed by atoms with Gasteiger partial charge in [0, 0.05) is 36.5 Å². The number of hydrogen-bond donors (Lipinski definition) is 9. The van der Waals surface area contributed by atoms with E-state index < -0.39 is 60.2 Å². The first-order chi connectivity index (χ1) is 20.4. The van der Waals surface area contributed by atoms with Gasteiger partial charge in [-0.1, -0.05) is 18.2 Å². The highest BCUT2D eigenvalue weighted by Crippen LogP contribution is 2.19. The van der Waals surface area contributed by atoms with Crippen LogP contribution in [0.25, 0.3) is 10.9 Å². The number of carbonyl (C=O) groups is 5. The molecule has 15 nitrogen and oxygen atoms in total. The summed E-state index contributed by atoms with van der Waals surface area (Å²) in [5, 5.41) is 27.4. The molecule has 1 aromatic heterocycles. The number of fused-ring (bicyclic) bond motifs is 1. The number of carboxylic acid groups (broad SMARTS) is 2. The number of nitrogens with two attached hydrogens (primary N) is 3. The molecule has 0 saturated carbocycles. The second-order valence-electron chi connectivity index (χ2n) is 9.85. The molecule has 3 amide bonds. The van der Waals surface area contributed by atoms with Crippen molar-refractivity contribution in [2.75, 3.05) is 18.6 Å². The highest BCUT2D eigenvalue weighted by molar-refractivity contribution is 7.98. The predicted octanol–water partition coefficient (Wildman–Crippen LogP) is -0.752. The molecule has 2 aromatic rings. The van der Waals surface area contributed by atoms with Crippen LogP contribution in [0.2, 0.25) is 0 Å². The Morgan fingerprint density at radius 3 is 2.19 bits per heavy atom. The van der Waals surface area contributed by atoms with Gasteiger partial charge >= 0.3 is 11.9 Å². The molecule has 4 unspecified atom stereocenters. The summed E-state index contributed by atoms with van der Waals surface area (Å²) in [6, 6.07) is 2.57. The van der Waals surface area contributed by atoms with Gasteiger partial charge in [0.25, 0.3) is 0 Å². The molecule has 0 spiro atoms. The summed E-state index contributed by atoms with van der Waals surface area (Å²) in [6.07, 6.45) is 3.52. The molecular formula is C27H40N8O7S. The third-order valence-corrected chi connectivity index (χ3v) is 7.19. The van der Waals surface area contributed by atoms with Gasteiger partial charge in [0.05, 0.1) is 6.04 Å². The largest absolute Gasteiger partial charge is 0.481 e. The average Bonchev–Trinajstić information content (AvgIpc) is 3.37. The first kappa shape index (κ1) is 34.9. The standard InChI is InChI=1S/C27H40N8O7S/c1-43-12-10-20(25(40)35-21(26(41)42)13-15-14-32-18-7-3-2-5-16(15)18)34-24(39)19(8-9-22(36)37)33-23(38)17(28)6-4-11-31-27(29)30/h2-3,5,7,14,17,19-21,32H,4,6,8-13,28H2,1H3,(H,33,38)(H,34,39)(H,35,40)(H,36,37)(H,41,42)(H4,29,30,31). The second-order valence-corrected chi connectivity index (χ2v) is 10.8. The number of thioether (sulfide) groups is 1. The Labute approximate surface area is 252 Å². The first-order valence-electron chi connectivity index (χ1n) is 13.6. The molecule has 0 aliphatic carbocycles. The van der Waals surface area contributed by atoms with Crippen molar-refractivity contribution in [1.29, 1.82) is 0 Å². The number of para-hydroxylation sites is 1. The normalized spacial score (nSPS) is 13.7. The molecule has 0 aliphatic rings. The lowest BCUT2D eigenvalue weighted by Crippen LogP contribution is -2.57. The Bertz CT molecular complexity index is 1300. The van der Waals surface area contributed by atoms with Crippen molar-refractivity contribution in [2.24, 2.45) is 22.2 Å². The lowest BCUT2D eigenvalue weighted by molar-refractivity contribution is -0.142. The number of aromatic amines is 1. The van der Waals surface area contributed by atoms with E-state index in [4.69, 9.17) is 22.3 Å². The Hall–Kier alpha value is -4.31. The van der Waals surface area contributed by atoms with Gasteiger partial charge in [0.2, 0.25) is 17.7 Å². The van der Waals surface area contributed by atoms with Gasteiger partial charge in [-0.25, -0.2) is 4.79 Å². The molecule has 0 fully saturated rings. The van der Waals surface area contributed by atoms with E-state index in [0.717, 1.165) is 10.9 Å². The number of aromatic nitrogens is 1. The maximum absolute atomic E-state index is 13.3. The van der Waals surface area contributed by atoms with E-state index in [1.807, 2.05) is 24.3 Å². The third kappa shape index (κ3) is 11.8. The van der Waals surface area contributed by atoms with Crippen molar-refractivity contribution in [3.8, 4) is 0 Å². The summed E-state index contributed by atoms with van der Waals surface area (Å²) >= 11 is 1.41. The topological polar surface area (TPSA) is 268 Å². The molecule has 0 aliphatic heterocycles. The Balaban J connectivity index is 2.13. The molecule has 1 aromatic carbocycles. The van der Waals surface area contributed by atoms with Gasteiger partial charge in [0.1, 0.15) is 18.1 Å². The number of aliphatic carboxylic acids is 2. The zero-order valence-corrected chi connectivity index (χ0v) is 24.7. The van der Waals surface area contributed by atoms with Crippen molar-refractivity contribution < 1.29 is 34.2 Å². The number of carbonyl (C=O) groups excluding carboxylic acids is 3. The van der Waals surface area contributed by atoms with Crippen molar-refractivity contribution in [3.63, 3.8) is 0 Å². The maximum Gasteiger partial charge on any atom is 0.326 e. The van der Waals surface area contributed by atoms with Crippen LogP contribution in [-0.2, 0) is 30.4 Å². The number of nitrogens with zero attached hydrogens (tertiary/aromatic N) is 1. The van der Waals surface area contributed by atoms with E-state index in [0.29, 0.717) is 17.7 Å². The minimum absolute atomic E-state index is 0.00729. The van der Waals surface area contributed by atoms with Crippen molar-refractivity contribution in [1.82, 2.24) is 20.9 Å². The van der Waals surface area contributed by atoms with Crippen LogP contribution in [0.5, 0.6) is 0 Å². The number of nitrogens with one attached hydrogen (secondary N) is 4. The van der Waals surface area contributed by atoms with Crippen LogP contribution in [0.15, 0.2) is 35.5 Å². The molecule has 43 heavy (non-hydrogen) atoms. The highest BCUT2D eigenvalue weighted by atomic mass is 32.2. The van der Waals surface area contributed by atoms with E-state index in [1.165, 1.54) is 11.8 Å². The number of benzene rings is 1. The summed E-state index contributed by atoms with van der Waals surface area (Å²) < 4.78 is 0. The van der Waals surface area contributed by atoms with Crippen molar-refractivity contribution in [2.45, 2.75) is 62.7 Å². The van der Waals surface area contributed by atoms with Crippen LogP contribution in [0.4, 0.5) is 0 Å². The molecule has 12 N–H and O–H groups in total. The number of hydrogen-bond acceptors (Lipinski definition) is 8. The molecule has 0 radical (unpaired) electrons. The quantitative estimate of drug-likeness (QED) is 0.0535. The summed E-state index contributed by atoms with van der Waals surface area (Å²) in [4.78, 5) is 69.4. The third-order valence-electron chi connectivity index (χ3n) is 6.54. The summed E-state index contributed by atoms with van der Waals surface area (Å²) in [5.41, 5.74) is 18.0. The second kappa shape index (κ2) is 17.6. The van der Waals surface area contributed by atoms with Gasteiger partial charge in [-0.2, -0.15) is 11.8 Å². The number of rotatable bonds is 19. The van der Waals surface area contributed by atoms with Crippen LogP contribution < -0.4 is 33.2 Å². The maximum atomic E-state index is 13.3. The minimum atomic E-state index is -1.31. The van der Waals surface area contributed by atoms with Gasteiger partial charge < -0.3 is 48.3 Å². The first-order valence-corrected chi connectivity index (χ1v) is 15.0. The number of H-pyrrole nitrogens is 1. The number of aliphatic imine (C=N–C) groups is 1. The zero-order chi connectivity index (χ0) is 31.9. The Kier molecular flexibility index (Phi) is 14.3. The molecule has 16 heteroatoms. The Morgan fingerprint density at radius 1 is 0.930 bits per heavy atom. The van der Waals surface area contributed by atoms with Gasteiger partial charge in [0.15, 0.2) is 5.96 Å². The lowest BCUT2D eigenvalue weighted by atomic mass is 10.0. The van der Waals surface area contributed by atoms with Gasteiger partial charge in [-0.15, -0.1) is 0 Å². The van der Waals surface area contributed by atoms with Crippen LogP contribution in [0, 0.1) is 0 Å². The van der Waals surface area contributed by atoms with Gasteiger partial charge in [-0.3, -0.25) is 24.2 Å². The molecule has 4 atom stereocenters. The highest BCUT2D eigenvalue weighted by Gasteiger charge is 2.31. The number of guanidine groups is 1. The van der Waals surface area contributed by atoms with E-state index in [1.54, 1.807) is 12.5 Å².